The topological polar surface area (TPSA) is 72.0 Å². The van der Waals surface area contributed by atoms with Gasteiger partial charge in [0, 0.05) is 0 Å². The average molecular weight is 397 g/mol. The normalized spacial score (nSPS) is 12.6. The monoisotopic (exact) mass is 397 g/mol. The number of carbonyl (C=O) groups excluding carboxylic acids is 2. The number of aryl methyl sites for hydroxylation is 2. The van der Waals surface area contributed by atoms with Gasteiger partial charge in [-0.3, -0.25) is 9.59 Å². The van der Waals surface area contributed by atoms with Crippen LogP contribution in [0.25, 0.3) is 0 Å². The third-order valence-corrected chi connectivity index (χ3v) is 4.75. The molecule has 0 aliphatic heterocycles. The van der Waals surface area contributed by atoms with E-state index in [1.165, 1.54) is 32.0 Å². The molecule has 1 aromatic carbocycles. The van der Waals surface area contributed by atoms with Gasteiger partial charge in [0.05, 0.1) is 27.8 Å². The number of halogens is 3. The number of para-hydroxylation sites is 1. The fourth-order valence-corrected chi connectivity index (χ4v) is 3.56. The summed E-state index contributed by atoms with van der Waals surface area (Å²) >= 11 is 1.00. The number of aromatic nitrogens is 2. The summed E-state index contributed by atoms with van der Waals surface area (Å²) < 4.78 is 39.2. The van der Waals surface area contributed by atoms with Gasteiger partial charge >= 0.3 is 6.18 Å². The van der Waals surface area contributed by atoms with Crippen LogP contribution < -0.4 is 5.32 Å². The number of alkyl halides is 3. The lowest BCUT2D eigenvalue weighted by atomic mass is 10.1. The van der Waals surface area contributed by atoms with E-state index in [1.54, 1.807) is 13.8 Å². The number of rotatable bonds is 5. The molecule has 2 aromatic rings. The summed E-state index contributed by atoms with van der Waals surface area (Å²) in [7, 11) is 0. The zero-order valence-electron chi connectivity index (χ0n) is 15.1. The molecule has 1 atom stereocenters. The minimum absolute atomic E-state index is 0.245. The van der Waals surface area contributed by atoms with Crippen LogP contribution in [0, 0.1) is 13.8 Å². The van der Waals surface area contributed by atoms with E-state index in [0.29, 0.717) is 22.1 Å². The minimum Gasteiger partial charge on any atom is -0.325 e. The quantitative estimate of drug-likeness (QED) is 0.459. The molecule has 5 nitrogen and oxygen atoms in total. The van der Waals surface area contributed by atoms with Crippen LogP contribution in [0.2, 0.25) is 0 Å². The average Bonchev–Trinajstić information content (AvgIpc) is 2.53. The predicted octanol–water partition coefficient (Wildman–Crippen LogP) is 4.43. The molecule has 0 saturated carbocycles. The highest BCUT2D eigenvalue weighted by Gasteiger charge is 2.34. The number of amides is 1. The number of anilines is 1. The molecular weight excluding hydrogens is 379 g/mol. The Balaban J connectivity index is 2.25. The van der Waals surface area contributed by atoms with Gasteiger partial charge < -0.3 is 5.32 Å². The van der Waals surface area contributed by atoms with Gasteiger partial charge in [-0.05, 0) is 39.8 Å². The van der Waals surface area contributed by atoms with Crippen molar-refractivity contribution < 1.29 is 22.8 Å². The van der Waals surface area contributed by atoms with E-state index < -0.39 is 22.9 Å². The molecular formula is C18H18F3N3O2S. The van der Waals surface area contributed by atoms with Crippen molar-refractivity contribution in [2.45, 2.75) is 44.1 Å². The van der Waals surface area contributed by atoms with Gasteiger partial charge in [-0.1, -0.05) is 23.9 Å². The molecule has 0 aliphatic carbocycles. The van der Waals surface area contributed by atoms with Gasteiger partial charge in [-0.2, -0.15) is 13.2 Å². The number of Topliss-reactive ketones (excluding diaryl/α,β-unsaturated/α-hetero) is 1. The van der Waals surface area contributed by atoms with Crippen LogP contribution in [0.1, 0.15) is 41.3 Å². The van der Waals surface area contributed by atoms with E-state index >= 15 is 0 Å². The number of hydrogen-bond acceptors (Lipinski definition) is 5. The minimum atomic E-state index is -4.58. The lowest BCUT2D eigenvalue weighted by Crippen LogP contribution is -2.24. The fraction of sp³-hybridized carbons (Fsp3) is 0.333. The highest BCUT2D eigenvalue weighted by Crippen LogP contribution is 2.35. The summed E-state index contributed by atoms with van der Waals surface area (Å²) in [6.07, 6.45) is -4.58. The van der Waals surface area contributed by atoms with Crippen LogP contribution in [0.15, 0.2) is 29.3 Å². The molecule has 27 heavy (non-hydrogen) atoms. The molecule has 1 N–H and O–H groups in total. The lowest BCUT2D eigenvalue weighted by Gasteiger charge is -2.17. The summed E-state index contributed by atoms with van der Waals surface area (Å²) in [5, 5.41) is 1.86. The van der Waals surface area contributed by atoms with Crippen molar-refractivity contribution in [3.63, 3.8) is 0 Å². The van der Waals surface area contributed by atoms with Crippen molar-refractivity contribution in [3.8, 4) is 0 Å². The van der Waals surface area contributed by atoms with Crippen molar-refractivity contribution in [2.24, 2.45) is 0 Å². The Bertz CT molecular complexity index is 885. The van der Waals surface area contributed by atoms with Crippen LogP contribution in [-0.2, 0) is 11.0 Å². The molecule has 1 amide bonds. The molecule has 9 heteroatoms. The van der Waals surface area contributed by atoms with Crippen LogP contribution in [-0.4, -0.2) is 26.9 Å². The molecule has 1 heterocycles. The zero-order chi connectivity index (χ0) is 20.4. The van der Waals surface area contributed by atoms with E-state index in [1.807, 2.05) is 0 Å². The molecule has 0 aliphatic rings. The molecule has 2 rings (SSSR count). The summed E-state index contributed by atoms with van der Waals surface area (Å²) in [6.45, 7) is 6.23. The van der Waals surface area contributed by atoms with Crippen molar-refractivity contribution in [1.29, 1.82) is 0 Å². The van der Waals surface area contributed by atoms with Crippen molar-refractivity contribution >= 4 is 29.1 Å². The smallest absolute Gasteiger partial charge is 0.325 e. The second-order valence-corrected chi connectivity index (χ2v) is 7.21. The molecule has 0 radical (unpaired) electrons. The standard InChI is InChI=1S/C18H18F3N3O2S/c1-9-15(10(2)25)17(23-12(4)22-9)27-11(3)16(26)24-14-8-6-5-7-13(14)18(19,20)21/h5-8,11H,1-4H3,(H,24,26)/t11-/m0/s1. The zero-order valence-corrected chi connectivity index (χ0v) is 16.0. The first-order chi connectivity index (χ1) is 12.5. The Morgan fingerprint density at radius 2 is 1.78 bits per heavy atom. The van der Waals surface area contributed by atoms with E-state index in [-0.39, 0.29) is 11.5 Å². The Labute approximate surface area is 158 Å². The molecule has 0 bridgehead atoms. The third-order valence-electron chi connectivity index (χ3n) is 3.67. The van der Waals surface area contributed by atoms with Crippen LogP contribution in [0.4, 0.5) is 18.9 Å². The van der Waals surface area contributed by atoms with Crippen molar-refractivity contribution in [1.82, 2.24) is 9.97 Å². The number of hydrogen-bond donors (Lipinski definition) is 1. The van der Waals surface area contributed by atoms with E-state index in [2.05, 4.69) is 15.3 Å². The van der Waals surface area contributed by atoms with Crippen molar-refractivity contribution in [3.05, 3.63) is 46.9 Å². The largest absolute Gasteiger partial charge is 0.418 e. The first-order valence-electron chi connectivity index (χ1n) is 8.00. The number of ketones is 1. The summed E-state index contributed by atoms with van der Waals surface area (Å²) in [4.78, 5) is 32.7. The highest BCUT2D eigenvalue weighted by atomic mass is 32.2. The number of thioether (sulfide) groups is 1. The molecule has 0 unspecified atom stereocenters. The van der Waals surface area contributed by atoms with E-state index in [0.717, 1.165) is 17.8 Å². The maximum absolute atomic E-state index is 13.1. The number of nitrogens with one attached hydrogen (secondary N) is 1. The molecule has 0 saturated heterocycles. The SMILES string of the molecule is CC(=O)c1c(C)nc(C)nc1S[C@@H](C)C(=O)Nc1ccccc1C(F)(F)F. The Kier molecular flexibility index (Phi) is 6.25. The fourth-order valence-electron chi connectivity index (χ4n) is 2.47. The summed E-state index contributed by atoms with van der Waals surface area (Å²) in [5.74, 6) is -0.430. The maximum atomic E-state index is 13.1. The van der Waals surface area contributed by atoms with E-state index in [4.69, 9.17) is 0 Å². The molecule has 0 spiro atoms. The van der Waals surface area contributed by atoms with Crippen LogP contribution >= 0.6 is 11.8 Å². The summed E-state index contributed by atoms with van der Waals surface area (Å²) in [5.41, 5.74) is -0.438. The molecule has 144 valence electrons. The van der Waals surface area contributed by atoms with Gasteiger partial charge in [-0.15, -0.1) is 0 Å². The van der Waals surface area contributed by atoms with E-state index in [9.17, 15) is 22.8 Å². The Morgan fingerprint density at radius 3 is 2.37 bits per heavy atom. The van der Waals surface area contributed by atoms with Crippen LogP contribution in [0.5, 0.6) is 0 Å². The van der Waals surface area contributed by atoms with Gasteiger partial charge in [0.15, 0.2) is 5.78 Å². The Hall–Kier alpha value is -2.42. The molecule has 0 fully saturated rings. The maximum Gasteiger partial charge on any atom is 0.418 e. The van der Waals surface area contributed by atoms with Gasteiger partial charge in [0.25, 0.3) is 0 Å². The van der Waals surface area contributed by atoms with Gasteiger partial charge in [0.1, 0.15) is 10.9 Å². The van der Waals surface area contributed by atoms with Gasteiger partial charge in [0.2, 0.25) is 5.91 Å². The lowest BCUT2D eigenvalue weighted by molar-refractivity contribution is -0.137. The Morgan fingerprint density at radius 1 is 1.15 bits per heavy atom. The second kappa shape index (κ2) is 8.08. The molecule has 1 aromatic heterocycles. The predicted molar refractivity (Wildman–Crippen MR) is 96.9 cm³/mol. The first kappa shape index (κ1) is 20.9. The second-order valence-electron chi connectivity index (χ2n) is 5.89. The number of nitrogens with zero attached hydrogens (tertiary/aromatic N) is 2. The highest BCUT2D eigenvalue weighted by molar-refractivity contribution is 8.00. The van der Waals surface area contributed by atoms with Gasteiger partial charge in [-0.25, -0.2) is 9.97 Å². The summed E-state index contributed by atoms with van der Waals surface area (Å²) in [6, 6.07) is 4.76. The number of benzene rings is 1. The number of carbonyl (C=O) groups is 2. The van der Waals surface area contributed by atoms with Crippen molar-refractivity contribution in [2.75, 3.05) is 5.32 Å². The first-order valence-corrected chi connectivity index (χ1v) is 8.88. The third kappa shape index (κ3) is 5.06. The van der Waals surface area contributed by atoms with Crippen LogP contribution in [0.3, 0.4) is 0 Å².